The van der Waals surface area contributed by atoms with Gasteiger partial charge in [0.05, 0.1) is 5.69 Å². The molecule has 0 aliphatic heterocycles. The molecule has 1 aromatic heterocycles. The molecule has 2 rings (SSSR count). The lowest BCUT2D eigenvalue weighted by molar-refractivity contribution is -0.298. The molecule has 1 aliphatic carbocycles. The molecule has 1 unspecified atom stereocenters. The highest BCUT2D eigenvalue weighted by atomic mass is 19.4. The van der Waals surface area contributed by atoms with E-state index in [-0.39, 0.29) is 5.69 Å². The van der Waals surface area contributed by atoms with Crippen molar-refractivity contribution in [3.63, 3.8) is 0 Å². The van der Waals surface area contributed by atoms with Crippen molar-refractivity contribution >= 4 is 5.97 Å². The topological polar surface area (TPSA) is 39.2 Å². The highest BCUT2D eigenvalue weighted by Gasteiger charge is 2.64. The summed E-state index contributed by atoms with van der Waals surface area (Å²) in [4.78, 5) is 15.2. The van der Waals surface area contributed by atoms with Crippen LogP contribution in [-0.4, -0.2) is 17.1 Å². The van der Waals surface area contributed by atoms with E-state index in [4.69, 9.17) is 4.74 Å². The second-order valence-electron chi connectivity index (χ2n) is 5.38. The third-order valence-corrected chi connectivity index (χ3v) is 3.95. The van der Waals surface area contributed by atoms with Gasteiger partial charge in [0.15, 0.2) is 0 Å². The lowest BCUT2D eigenvalue weighted by Gasteiger charge is -2.42. The summed E-state index contributed by atoms with van der Waals surface area (Å²) in [5, 5.41) is 0. The summed E-state index contributed by atoms with van der Waals surface area (Å²) in [6, 6.07) is 4.31. The van der Waals surface area contributed by atoms with Crippen LogP contribution < -0.4 is 0 Å². The minimum atomic E-state index is -4.70. The van der Waals surface area contributed by atoms with E-state index in [9.17, 15) is 18.0 Å². The molecule has 0 saturated heterocycles. The Bertz CT molecular complexity index is 483. The van der Waals surface area contributed by atoms with Gasteiger partial charge in [-0.2, -0.15) is 13.2 Å². The molecule has 1 aliphatic rings. The van der Waals surface area contributed by atoms with Gasteiger partial charge >= 0.3 is 12.1 Å². The fourth-order valence-electron chi connectivity index (χ4n) is 3.10. The first-order chi connectivity index (χ1) is 9.88. The molecule has 0 N–H and O–H groups in total. The average Bonchev–Trinajstić information content (AvgIpc) is 2.45. The molecule has 1 saturated carbocycles. The number of pyridine rings is 1. The van der Waals surface area contributed by atoms with Gasteiger partial charge in [-0.3, -0.25) is 9.78 Å². The Morgan fingerprint density at radius 3 is 2.38 bits per heavy atom. The van der Waals surface area contributed by atoms with Crippen LogP contribution in [0.1, 0.15) is 44.7 Å². The van der Waals surface area contributed by atoms with Gasteiger partial charge in [0.2, 0.25) is 0 Å². The number of ether oxygens (including phenoxy) is 1. The highest BCUT2D eigenvalue weighted by molar-refractivity contribution is 5.67. The maximum atomic E-state index is 13.9. The summed E-state index contributed by atoms with van der Waals surface area (Å²) in [5.41, 5.74) is -2.87. The van der Waals surface area contributed by atoms with Gasteiger partial charge in [-0.15, -0.1) is 0 Å². The van der Waals surface area contributed by atoms with Crippen LogP contribution in [-0.2, 0) is 15.1 Å². The zero-order valence-corrected chi connectivity index (χ0v) is 11.8. The van der Waals surface area contributed by atoms with Gasteiger partial charge < -0.3 is 4.74 Å². The Labute approximate surface area is 121 Å². The van der Waals surface area contributed by atoms with Crippen molar-refractivity contribution in [1.29, 1.82) is 0 Å². The Hall–Kier alpha value is -1.59. The number of hydrogen-bond donors (Lipinski definition) is 0. The van der Waals surface area contributed by atoms with Crippen molar-refractivity contribution < 1.29 is 22.7 Å². The molecule has 3 nitrogen and oxygen atoms in total. The van der Waals surface area contributed by atoms with Gasteiger partial charge in [-0.1, -0.05) is 25.3 Å². The average molecular weight is 301 g/mol. The first kappa shape index (κ1) is 15.8. The quantitative estimate of drug-likeness (QED) is 0.793. The van der Waals surface area contributed by atoms with Crippen molar-refractivity contribution in [2.24, 2.45) is 5.92 Å². The lowest BCUT2D eigenvalue weighted by atomic mass is 9.74. The Kier molecular flexibility index (Phi) is 4.54. The summed E-state index contributed by atoms with van der Waals surface area (Å²) in [6.45, 7) is 1.01. The first-order valence-electron chi connectivity index (χ1n) is 7.05. The molecular formula is C15H18F3NO2. The first-order valence-corrected chi connectivity index (χ1v) is 7.05. The number of aromatic nitrogens is 1. The number of esters is 1. The van der Waals surface area contributed by atoms with Crippen LogP contribution >= 0.6 is 0 Å². The SMILES string of the molecule is CC(=O)OC(c1ccccn1)(C1CCCCC1)C(F)(F)F. The molecule has 116 valence electrons. The fourth-order valence-corrected chi connectivity index (χ4v) is 3.10. The number of rotatable bonds is 3. The van der Waals surface area contributed by atoms with Gasteiger partial charge in [0.25, 0.3) is 5.60 Å². The van der Waals surface area contributed by atoms with E-state index in [1.54, 1.807) is 6.07 Å². The highest BCUT2D eigenvalue weighted by Crippen LogP contribution is 2.51. The number of carbonyl (C=O) groups is 1. The maximum Gasteiger partial charge on any atom is 0.434 e. The number of alkyl halides is 3. The van der Waals surface area contributed by atoms with Crippen LogP contribution in [0.5, 0.6) is 0 Å². The van der Waals surface area contributed by atoms with Crippen LogP contribution in [0, 0.1) is 5.92 Å². The van der Waals surface area contributed by atoms with E-state index >= 15 is 0 Å². The third kappa shape index (κ3) is 3.04. The molecule has 21 heavy (non-hydrogen) atoms. The molecule has 0 bridgehead atoms. The van der Waals surface area contributed by atoms with Crippen molar-refractivity contribution in [2.45, 2.75) is 50.8 Å². The van der Waals surface area contributed by atoms with Crippen molar-refractivity contribution in [3.8, 4) is 0 Å². The fraction of sp³-hybridized carbons (Fsp3) is 0.600. The molecular weight excluding hydrogens is 283 g/mol. The second kappa shape index (κ2) is 6.03. The van der Waals surface area contributed by atoms with Crippen molar-refractivity contribution in [2.75, 3.05) is 0 Å². The maximum absolute atomic E-state index is 13.9. The summed E-state index contributed by atoms with van der Waals surface area (Å²) in [5.74, 6) is -1.73. The molecule has 1 atom stereocenters. The van der Waals surface area contributed by atoms with Crippen LogP contribution in [0.25, 0.3) is 0 Å². The smallest absolute Gasteiger partial charge is 0.434 e. The van der Waals surface area contributed by atoms with E-state index < -0.39 is 23.7 Å². The number of halogens is 3. The number of hydrogen-bond acceptors (Lipinski definition) is 3. The third-order valence-electron chi connectivity index (χ3n) is 3.95. The Morgan fingerprint density at radius 2 is 1.90 bits per heavy atom. The van der Waals surface area contributed by atoms with Gasteiger partial charge in [0.1, 0.15) is 0 Å². The molecule has 1 heterocycles. The van der Waals surface area contributed by atoms with E-state index in [0.717, 1.165) is 13.3 Å². The standard InChI is InChI=1S/C15H18F3NO2/c1-11(20)21-14(15(16,17)18,12-7-3-2-4-8-12)13-9-5-6-10-19-13/h5-6,9-10,12H,2-4,7-8H2,1H3. The largest absolute Gasteiger partial charge is 0.443 e. The number of nitrogens with zero attached hydrogens (tertiary/aromatic N) is 1. The molecule has 0 amide bonds. The summed E-state index contributed by atoms with van der Waals surface area (Å²) >= 11 is 0. The van der Waals surface area contributed by atoms with Gasteiger partial charge in [-0.05, 0) is 25.0 Å². The molecule has 0 aromatic carbocycles. The van der Waals surface area contributed by atoms with Gasteiger partial charge in [-0.25, -0.2) is 0 Å². The summed E-state index contributed by atoms with van der Waals surface area (Å²) in [6.07, 6.45) is -0.330. The Morgan fingerprint density at radius 1 is 1.24 bits per heavy atom. The van der Waals surface area contributed by atoms with E-state index in [1.807, 2.05) is 0 Å². The van der Waals surface area contributed by atoms with Crippen molar-refractivity contribution in [1.82, 2.24) is 4.98 Å². The normalized spacial score (nSPS) is 19.8. The zero-order chi connectivity index (χ0) is 15.5. The predicted molar refractivity (Wildman–Crippen MR) is 70.3 cm³/mol. The molecule has 0 radical (unpaired) electrons. The Balaban J connectivity index is 2.55. The van der Waals surface area contributed by atoms with Gasteiger partial charge in [0, 0.05) is 19.0 Å². The molecule has 0 spiro atoms. The minimum Gasteiger partial charge on any atom is -0.443 e. The molecule has 6 heteroatoms. The van der Waals surface area contributed by atoms with Crippen LogP contribution in [0.4, 0.5) is 13.2 Å². The summed E-state index contributed by atoms with van der Waals surface area (Å²) in [7, 11) is 0. The van der Waals surface area contributed by atoms with Crippen LogP contribution in [0.3, 0.4) is 0 Å². The number of carbonyl (C=O) groups excluding carboxylic acids is 1. The lowest BCUT2D eigenvalue weighted by Crippen LogP contribution is -2.52. The predicted octanol–water partition coefficient (Wildman–Crippen LogP) is 3.98. The van der Waals surface area contributed by atoms with E-state index in [0.29, 0.717) is 25.7 Å². The van der Waals surface area contributed by atoms with Crippen LogP contribution in [0.2, 0.25) is 0 Å². The van der Waals surface area contributed by atoms with Crippen molar-refractivity contribution in [3.05, 3.63) is 30.1 Å². The molecule has 1 aromatic rings. The molecule has 1 fully saturated rings. The van der Waals surface area contributed by atoms with E-state index in [1.165, 1.54) is 18.3 Å². The second-order valence-corrected chi connectivity index (χ2v) is 5.38. The van der Waals surface area contributed by atoms with Crippen LogP contribution in [0.15, 0.2) is 24.4 Å². The summed E-state index contributed by atoms with van der Waals surface area (Å²) < 4.78 is 46.6. The van der Waals surface area contributed by atoms with E-state index in [2.05, 4.69) is 4.98 Å². The minimum absolute atomic E-state index is 0.236. The zero-order valence-electron chi connectivity index (χ0n) is 11.8. The monoisotopic (exact) mass is 301 g/mol.